The quantitative estimate of drug-likeness (QED) is 0.136. The third-order valence-electron chi connectivity index (χ3n) is 8.62. The molecule has 0 saturated carbocycles. The van der Waals surface area contributed by atoms with Gasteiger partial charge in [-0.25, -0.2) is 26.6 Å². The highest BCUT2D eigenvalue weighted by atomic mass is 32.2. The third kappa shape index (κ3) is 12.7. The first-order chi connectivity index (χ1) is 22.6. The van der Waals surface area contributed by atoms with Crippen molar-refractivity contribution in [3.05, 3.63) is 35.4 Å². The topological polar surface area (TPSA) is 139 Å². The highest BCUT2D eigenvalue weighted by Crippen LogP contribution is 2.30. The predicted molar refractivity (Wildman–Crippen MR) is 199 cm³/mol. The van der Waals surface area contributed by atoms with Gasteiger partial charge in [0.05, 0.1) is 29.2 Å². The molecule has 0 saturated heterocycles. The van der Waals surface area contributed by atoms with Gasteiger partial charge >= 0.3 is 0 Å². The number of unbranched alkanes of at least 4 members (excludes halogenated alkanes) is 9. The Labute approximate surface area is 290 Å². The first kappa shape index (κ1) is 39.8. The Morgan fingerprint density at radius 2 is 1.50 bits per heavy atom. The maximum atomic E-state index is 12.8. The normalized spacial score (nSPS) is 14.5. The van der Waals surface area contributed by atoms with Gasteiger partial charge in [0.15, 0.2) is 5.82 Å². The van der Waals surface area contributed by atoms with E-state index in [9.17, 15) is 16.8 Å². The molecule has 0 spiro atoms. The Bertz CT molecular complexity index is 1610. The van der Waals surface area contributed by atoms with Crippen molar-refractivity contribution in [2.45, 2.75) is 119 Å². The molecule has 0 fully saturated rings. The maximum Gasteiger partial charge on any atom is 0.208 e. The van der Waals surface area contributed by atoms with Gasteiger partial charge in [-0.15, -0.1) is 10.2 Å². The Morgan fingerprint density at radius 3 is 2.08 bits per heavy atom. The summed E-state index contributed by atoms with van der Waals surface area (Å²) in [5.74, 6) is 1.58. The van der Waals surface area contributed by atoms with Gasteiger partial charge in [0, 0.05) is 37.2 Å². The highest BCUT2D eigenvalue weighted by Gasteiger charge is 2.35. The summed E-state index contributed by atoms with van der Waals surface area (Å²) >= 11 is 0. The number of aromatic nitrogens is 3. The zero-order valence-corrected chi connectivity index (χ0v) is 32.0. The number of anilines is 1. The van der Waals surface area contributed by atoms with Crippen LogP contribution in [0.2, 0.25) is 0 Å². The summed E-state index contributed by atoms with van der Waals surface area (Å²) in [6.07, 6.45) is 13.9. The Morgan fingerprint density at radius 1 is 0.875 bits per heavy atom. The molecule has 270 valence electrons. The predicted octanol–water partition coefficient (Wildman–Crippen LogP) is 6.61. The molecule has 0 amide bonds. The molecular weight excluding hydrogens is 647 g/mol. The van der Waals surface area contributed by atoms with Crippen molar-refractivity contribution in [2.24, 2.45) is 15.5 Å². The molecule has 1 aromatic heterocycles. The molecule has 1 aliphatic heterocycles. The van der Waals surface area contributed by atoms with E-state index in [-0.39, 0.29) is 16.9 Å². The molecular formula is C35H59N7O4S2. The Balaban J connectivity index is 1.61. The van der Waals surface area contributed by atoms with Gasteiger partial charge in [0.1, 0.15) is 15.5 Å². The summed E-state index contributed by atoms with van der Waals surface area (Å²) < 4.78 is 52.8. The largest absolute Gasteiger partial charge is 0.370 e. The van der Waals surface area contributed by atoms with Crippen molar-refractivity contribution >= 4 is 42.7 Å². The van der Waals surface area contributed by atoms with Gasteiger partial charge in [-0.3, -0.25) is 0 Å². The number of aryl methyl sites for hydroxylation is 2. The van der Waals surface area contributed by atoms with E-state index < -0.39 is 19.9 Å². The van der Waals surface area contributed by atoms with Crippen LogP contribution in [-0.4, -0.2) is 80.5 Å². The van der Waals surface area contributed by atoms with Crippen LogP contribution in [-0.2, 0) is 26.3 Å². The molecule has 48 heavy (non-hydrogen) atoms. The standard InChI is InChI=1S/C35H59N7O4S2/c1-8-10-11-12-13-14-15-16-17-18-25-48(45,46)26-19-20-31-38-39-34-32(33(35(4,5)6)40-42(31)34)37-30-22-21-29(27-28(30)3)41(9-2)24-23-36-47(7,43)44/h21-22,27,36H,8-20,23-26H2,1-7H3. The van der Waals surface area contributed by atoms with Crippen LogP contribution in [0.3, 0.4) is 0 Å². The fourth-order valence-corrected chi connectivity index (χ4v) is 7.76. The average molecular weight is 706 g/mol. The zero-order chi connectivity index (χ0) is 35.4. The third-order valence-corrected chi connectivity index (χ3v) is 11.2. The molecule has 2 heterocycles. The fraction of sp³-hybridized carbons (Fsp3) is 0.714. The monoisotopic (exact) mass is 705 g/mol. The van der Waals surface area contributed by atoms with Gasteiger partial charge in [-0.05, 0) is 50.5 Å². The number of nitrogens with one attached hydrogen (secondary N) is 1. The molecule has 0 aliphatic carbocycles. The van der Waals surface area contributed by atoms with E-state index in [2.05, 4.69) is 53.6 Å². The van der Waals surface area contributed by atoms with Crippen molar-refractivity contribution in [1.29, 1.82) is 0 Å². The molecule has 0 unspecified atom stereocenters. The molecule has 13 heteroatoms. The van der Waals surface area contributed by atoms with Gasteiger partial charge in [-0.2, -0.15) is 9.78 Å². The summed E-state index contributed by atoms with van der Waals surface area (Å²) in [5.41, 5.74) is 3.89. The number of benzene rings is 1. The second kappa shape index (κ2) is 18.4. The van der Waals surface area contributed by atoms with E-state index in [0.29, 0.717) is 43.3 Å². The van der Waals surface area contributed by atoms with Crippen LogP contribution in [0.15, 0.2) is 28.3 Å². The number of aliphatic imine (C=N–C) groups is 1. The lowest BCUT2D eigenvalue weighted by Crippen LogP contribution is -2.34. The van der Waals surface area contributed by atoms with Gasteiger partial charge in [0.2, 0.25) is 15.8 Å². The van der Waals surface area contributed by atoms with E-state index >= 15 is 0 Å². The SMILES string of the molecule is CCCCCCCCCCCCS(=O)(=O)CCCc1nnc2n1N=C(C(C)(C)C)C2=Nc1ccc(N(CC)CCNS(C)(=O)=O)cc1C. The molecule has 11 nitrogen and oxygen atoms in total. The van der Waals surface area contributed by atoms with Gasteiger partial charge in [0.25, 0.3) is 0 Å². The number of rotatable bonds is 22. The first-order valence-electron chi connectivity index (χ1n) is 17.8. The van der Waals surface area contributed by atoms with Crippen LogP contribution in [0.1, 0.15) is 122 Å². The molecule has 0 bridgehead atoms. The first-order valence-corrected chi connectivity index (χ1v) is 21.5. The van der Waals surface area contributed by atoms with Gasteiger partial charge < -0.3 is 4.90 Å². The average Bonchev–Trinajstić information content (AvgIpc) is 3.57. The molecule has 1 N–H and O–H groups in total. The summed E-state index contributed by atoms with van der Waals surface area (Å²) in [4.78, 5) is 7.14. The number of hydrogen-bond acceptors (Lipinski definition) is 9. The summed E-state index contributed by atoms with van der Waals surface area (Å²) in [7, 11) is -6.37. The minimum absolute atomic E-state index is 0.133. The number of sulfonamides is 1. The lowest BCUT2D eigenvalue weighted by atomic mass is 9.87. The Kier molecular flexibility index (Phi) is 15.2. The number of nitrogens with zero attached hydrogens (tertiary/aromatic N) is 6. The molecule has 1 aromatic carbocycles. The summed E-state index contributed by atoms with van der Waals surface area (Å²) in [6.45, 7) is 14.1. The van der Waals surface area contributed by atoms with Crippen LogP contribution < -0.4 is 9.62 Å². The van der Waals surface area contributed by atoms with Crippen LogP contribution in [0, 0.1) is 12.3 Å². The second-order valence-electron chi connectivity index (χ2n) is 14.1. The Hall–Kier alpha value is -2.64. The van der Waals surface area contributed by atoms with Crippen molar-refractivity contribution in [2.75, 3.05) is 42.3 Å². The molecule has 0 radical (unpaired) electrons. The van der Waals surface area contributed by atoms with Crippen molar-refractivity contribution in [3.8, 4) is 0 Å². The van der Waals surface area contributed by atoms with Crippen molar-refractivity contribution in [3.63, 3.8) is 0 Å². The lowest BCUT2D eigenvalue weighted by Gasteiger charge is -2.24. The van der Waals surface area contributed by atoms with Crippen LogP contribution in [0.25, 0.3) is 0 Å². The molecule has 0 atom stereocenters. The number of likely N-dealkylation sites (N-methyl/N-ethyl adjacent to an activating group) is 1. The van der Waals surface area contributed by atoms with Crippen molar-refractivity contribution < 1.29 is 16.8 Å². The lowest BCUT2D eigenvalue weighted by molar-refractivity contribution is 0.557. The highest BCUT2D eigenvalue weighted by molar-refractivity contribution is 7.91. The summed E-state index contributed by atoms with van der Waals surface area (Å²) in [6, 6.07) is 6.01. The number of hydrogen-bond donors (Lipinski definition) is 1. The second-order valence-corrected chi connectivity index (χ2v) is 18.2. The minimum atomic E-state index is -3.25. The smallest absolute Gasteiger partial charge is 0.208 e. The minimum Gasteiger partial charge on any atom is -0.370 e. The zero-order valence-electron chi connectivity index (χ0n) is 30.4. The van der Waals surface area contributed by atoms with Crippen LogP contribution >= 0.6 is 0 Å². The number of fused-ring (bicyclic) bond motifs is 1. The summed E-state index contributed by atoms with van der Waals surface area (Å²) in [5, 5.41) is 13.7. The van der Waals surface area contributed by atoms with Gasteiger partial charge in [-0.1, -0.05) is 85.5 Å². The number of sulfone groups is 1. The van der Waals surface area contributed by atoms with E-state index in [1.54, 1.807) is 4.68 Å². The molecule has 1 aliphatic rings. The van der Waals surface area contributed by atoms with Crippen LogP contribution in [0.4, 0.5) is 11.4 Å². The fourth-order valence-electron chi connectivity index (χ4n) is 5.86. The van der Waals surface area contributed by atoms with Crippen molar-refractivity contribution in [1.82, 2.24) is 19.6 Å². The maximum absolute atomic E-state index is 12.8. The molecule has 3 rings (SSSR count). The van der Waals surface area contributed by atoms with E-state index in [1.807, 2.05) is 26.0 Å². The molecule has 2 aromatic rings. The van der Waals surface area contributed by atoms with E-state index in [0.717, 1.165) is 54.7 Å². The van der Waals surface area contributed by atoms with Crippen LogP contribution in [0.5, 0.6) is 0 Å². The van der Waals surface area contributed by atoms with E-state index in [1.165, 1.54) is 44.9 Å². The van der Waals surface area contributed by atoms with E-state index in [4.69, 9.17) is 10.1 Å².